The molecule has 4 N–H and O–H groups in total. The molecule has 2 aromatic rings. The second kappa shape index (κ2) is 9.39. The lowest BCUT2D eigenvalue weighted by atomic mass is 9.96. The lowest BCUT2D eigenvalue weighted by molar-refractivity contribution is -0.154. The van der Waals surface area contributed by atoms with E-state index in [0.717, 1.165) is 11.0 Å². The first-order valence-corrected chi connectivity index (χ1v) is 8.67. The maximum Gasteiger partial charge on any atom is 0.269 e. The van der Waals surface area contributed by atoms with Crippen molar-refractivity contribution in [3.05, 3.63) is 64.6 Å². The number of nitrogens with zero attached hydrogens (tertiary/aromatic N) is 1. The fourth-order valence-electron chi connectivity index (χ4n) is 2.62. The molecule has 156 valence electrons. The summed E-state index contributed by atoms with van der Waals surface area (Å²) in [6.07, 6.45) is -1.65. The highest BCUT2D eigenvalue weighted by Gasteiger charge is 2.46. The second-order valence-electron chi connectivity index (χ2n) is 6.58. The Bertz CT molecular complexity index is 913. The fourth-order valence-corrected chi connectivity index (χ4v) is 2.62. The van der Waals surface area contributed by atoms with Gasteiger partial charge in [0.1, 0.15) is 6.04 Å². The molecule has 0 aliphatic rings. The van der Waals surface area contributed by atoms with Crippen LogP contribution in [0.5, 0.6) is 0 Å². The Morgan fingerprint density at radius 2 is 1.83 bits per heavy atom. The molecule has 1 aromatic heterocycles. The van der Waals surface area contributed by atoms with Crippen LogP contribution in [0.4, 0.5) is 8.78 Å². The summed E-state index contributed by atoms with van der Waals surface area (Å²) in [5.74, 6) is -2.12. The zero-order valence-electron chi connectivity index (χ0n) is 15.5. The van der Waals surface area contributed by atoms with Crippen LogP contribution in [-0.4, -0.2) is 44.8 Å². The minimum Gasteiger partial charge on any atom is -0.381 e. The molecule has 0 radical (unpaired) electrons. The van der Waals surface area contributed by atoms with E-state index < -0.39 is 29.9 Å². The summed E-state index contributed by atoms with van der Waals surface area (Å²) in [6.45, 7) is 0.683. The van der Waals surface area contributed by atoms with E-state index >= 15 is 0 Å². The van der Waals surface area contributed by atoms with Gasteiger partial charge in [0.05, 0.1) is 0 Å². The second-order valence-corrected chi connectivity index (χ2v) is 6.58. The average molecular weight is 409 g/mol. The van der Waals surface area contributed by atoms with E-state index in [2.05, 4.69) is 0 Å². The first-order chi connectivity index (χ1) is 13.7. The van der Waals surface area contributed by atoms with Crippen LogP contribution in [0.2, 0.25) is 0 Å². The van der Waals surface area contributed by atoms with Crippen molar-refractivity contribution in [2.45, 2.75) is 37.8 Å². The van der Waals surface area contributed by atoms with E-state index in [4.69, 9.17) is 5.21 Å². The van der Waals surface area contributed by atoms with Gasteiger partial charge in [-0.3, -0.25) is 24.2 Å². The molecule has 0 bridgehead atoms. The molecule has 8 nitrogen and oxygen atoms in total. The number of benzene rings is 1. The molecule has 0 saturated heterocycles. The number of pyridine rings is 1. The predicted molar refractivity (Wildman–Crippen MR) is 98.8 cm³/mol. The molecule has 10 heteroatoms. The van der Waals surface area contributed by atoms with Gasteiger partial charge < -0.3 is 10.4 Å². The first kappa shape index (κ1) is 22.2. The molecular weight excluding hydrogens is 388 g/mol. The number of halogens is 2. The van der Waals surface area contributed by atoms with Gasteiger partial charge in [0.25, 0.3) is 17.9 Å². The van der Waals surface area contributed by atoms with Crippen molar-refractivity contribution in [2.24, 2.45) is 0 Å². The summed E-state index contributed by atoms with van der Waals surface area (Å²) in [7, 11) is 0. The van der Waals surface area contributed by atoms with Crippen molar-refractivity contribution < 1.29 is 28.7 Å². The summed E-state index contributed by atoms with van der Waals surface area (Å²) in [4.78, 5) is 35.5. The Labute approximate surface area is 164 Å². The zero-order chi connectivity index (χ0) is 21.6. The molecule has 0 aliphatic carbocycles. The standard InChI is InChI=1S/C19H21F2N3O5/c1-19(28,18(20)21)16(17(27)23-29)22-14(25)10-7-12-5-8-13(9-6-12)24-11-3-2-4-15(24)26/h2-6,8-9,11,16,18,28-29H,7,10H2,1H3,(H,22,25)(H,23,27)/t16-,19?/m1/s1. The quantitative estimate of drug-likeness (QED) is 0.379. The molecular formula is C19H21F2N3O5. The molecule has 2 rings (SSSR count). The van der Waals surface area contributed by atoms with Crippen LogP contribution in [0, 0.1) is 0 Å². The van der Waals surface area contributed by atoms with Gasteiger partial charge in [-0.1, -0.05) is 18.2 Å². The third-order valence-corrected chi connectivity index (χ3v) is 4.38. The van der Waals surface area contributed by atoms with Gasteiger partial charge in [-0.25, -0.2) is 14.3 Å². The van der Waals surface area contributed by atoms with E-state index in [1.165, 1.54) is 10.6 Å². The number of carbonyl (C=O) groups is 2. The number of aliphatic hydroxyl groups is 1. The smallest absolute Gasteiger partial charge is 0.269 e. The van der Waals surface area contributed by atoms with Gasteiger partial charge in [-0.2, -0.15) is 0 Å². The van der Waals surface area contributed by atoms with Gasteiger partial charge in [-0.05, 0) is 37.1 Å². The molecule has 2 atom stereocenters. The molecule has 1 unspecified atom stereocenters. The molecule has 1 heterocycles. The average Bonchev–Trinajstić information content (AvgIpc) is 2.70. The monoisotopic (exact) mass is 409 g/mol. The summed E-state index contributed by atoms with van der Waals surface area (Å²) in [5, 5.41) is 20.5. The lowest BCUT2D eigenvalue weighted by Gasteiger charge is -2.30. The van der Waals surface area contributed by atoms with E-state index in [1.807, 2.05) is 5.32 Å². The number of nitrogens with one attached hydrogen (secondary N) is 2. The van der Waals surface area contributed by atoms with Crippen LogP contribution in [-0.2, 0) is 16.0 Å². The van der Waals surface area contributed by atoms with Crippen molar-refractivity contribution in [2.75, 3.05) is 0 Å². The van der Waals surface area contributed by atoms with Crippen molar-refractivity contribution in [3.8, 4) is 5.69 Å². The van der Waals surface area contributed by atoms with Crippen molar-refractivity contribution in [3.63, 3.8) is 0 Å². The number of amides is 2. The maximum absolute atomic E-state index is 13.0. The number of alkyl halides is 2. The number of carbonyl (C=O) groups excluding carboxylic acids is 2. The predicted octanol–water partition coefficient (Wildman–Crippen LogP) is 0.776. The van der Waals surface area contributed by atoms with Crippen LogP contribution in [0.3, 0.4) is 0 Å². The zero-order valence-corrected chi connectivity index (χ0v) is 15.5. The van der Waals surface area contributed by atoms with Crippen LogP contribution < -0.4 is 16.4 Å². The van der Waals surface area contributed by atoms with Crippen LogP contribution in [0.15, 0.2) is 53.5 Å². The number of hydrogen-bond acceptors (Lipinski definition) is 5. The van der Waals surface area contributed by atoms with Gasteiger partial charge in [-0.15, -0.1) is 0 Å². The largest absolute Gasteiger partial charge is 0.381 e. The Balaban J connectivity index is 2.01. The topological polar surface area (TPSA) is 121 Å². The maximum atomic E-state index is 13.0. The minimum atomic E-state index is -3.33. The third kappa shape index (κ3) is 5.46. The highest BCUT2D eigenvalue weighted by molar-refractivity contribution is 5.88. The van der Waals surface area contributed by atoms with Crippen LogP contribution >= 0.6 is 0 Å². The van der Waals surface area contributed by atoms with Crippen molar-refractivity contribution in [1.82, 2.24) is 15.4 Å². The third-order valence-electron chi connectivity index (χ3n) is 4.38. The first-order valence-electron chi connectivity index (χ1n) is 8.67. The Morgan fingerprint density at radius 1 is 1.17 bits per heavy atom. The van der Waals surface area contributed by atoms with E-state index in [9.17, 15) is 28.3 Å². The number of hydroxylamine groups is 1. The lowest BCUT2D eigenvalue weighted by Crippen LogP contribution is -2.61. The Morgan fingerprint density at radius 3 is 2.38 bits per heavy atom. The van der Waals surface area contributed by atoms with Gasteiger partial charge in [0, 0.05) is 24.4 Å². The molecule has 0 saturated carbocycles. The van der Waals surface area contributed by atoms with E-state index in [1.54, 1.807) is 42.6 Å². The molecule has 1 aromatic carbocycles. The van der Waals surface area contributed by atoms with Crippen molar-refractivity contribution in [1.29, 1.82) is 0 Å². The summed E-state index contributed by atoms with van der Waals surface area (Å²) < 4.78 is 27.4. The van der Waals surface area contributed by atoms with Gasteiger partial charge >= 0.3 is 0 Å². The number of rotatable bonds is 8. The molecule has 0 fully saturated rings. The minimum absolute atomic E-state index is 0.154. The molecule has 0 aliphatic heterocycles. The highest BCUT2D eigenvalue weighted by Crippen LogP contribution is 2.20. The van der Waals surface area contributed by atoms with Gasteiger partial charge in [0.2, 0.25) is 5.91 Å². The van der Waals surface area contributed by atoms with E-state index in [-0.39, 0.29) is 18.4 Å². The number of aromatic nitrogens is 1. The molecule has 0 spiro atoms. The van der Waals surface area contributed by atoms with Crippen LogP contribution in [0.25, 0.3) is 5.69 Å². The SMILES string of the molecule is CC(O)(C(F)F)[C@H](NC(=O)CCc1ccc(-n2ccccc2=O)cc1)C(=O)NO. The Kier molecular flexibility index (Phi) is 7.18. The number of hydrogen-bond donors (Lipinski definition) is 4. The number of aryl methyl sites for hydroxylation is 1. The molecule has 2 amide bonds. The summed E-state index contributed by atoms with van der Waals surface area (Å²) in [6, 6.07) is 9.52. The van der Waals surface area contributed by atoms with Gasteiger partial charge in [0.15, 0.2) is 5.60 Å². The summed E-state index contributed by atoms with van der Waals surface area (Å²) >= 11 is 0. The Hall–Kier alpha value is -3.11. The summed E-state index contributed by atoms with van der Waals surface area (Å²) in [5.41, 5.74) is -0.538. The highest BCUT2D eigenvalue weighted by atomic mass is 19.3. The van der Waals surface area contributed by atoms with E-state index in [0.29, 0.717) is 12.6 Å². The molecule has 29 heavy (non-hydrogen) atoms. The van der Waals surface area contributed by atoms with Crippen molar-refractivity contribution >= 4 is 11.8 Å². The van der Waals surface area contributed by atoms with Crippen LogP contribution in [0.1, 0.15) is 18.9 Å². The normalized spacial score (nSPS) is 14.1. The fraction of sp³-hybridized carbons (Fsp3) is 0.316.